The fourth-order valence-electron chi connectivity index (χ4n) is 1.52. The van der Waals surface area contributed by atoms with Crippen LogP contribution < -0.4 is 0 Å². The van der Waals surface area contributed by atoms with Crippen LogP contribution in [0.1, 0.15) is 10.4 Å². The Morgan fingerprint density at radius 1 is 1.06 bits per heavy atom. The van der Waals surface area contributed by atoms with Gasteiger partial charge in [-0.1, -0.05) is 41.9 Å². The number of halogens is 2. The molecule has 16 heavy (non-hydrogen) atoms. The maximum absolute atomic E-state index is 13.9. The molecular formula is C13H8ClFO. The van der Waals surface area contributed by atoms with E-state index in [0.29, 0.717) is 11.8 Å². The average Bonchev–Trinajstić information content (AvgIpc) is 2.31. The van der Waals surface area contributed by atoms with Crippen molar-refractivity contribution >= 4 is 17.9 Å². The van der Waals surface area contributed by atoms with Crippen molar-refractivity contribution in [3.8, 4) is 11.1 Å². The zero-order valence-corrected chi connectivity index (χ0v) is 9.04. The summed E-state index contributed by atoms with van der Waals surface area (Å²) in [5.41, 5.74) is 1.01. The molecule has 80 valence electrons. The molecule has 1 nitrogen and oxygen atoms in total. The van der Waals surface area contributed by atoms with Gasteiger partial charge < -0.3 is 0 Å². The van der Waals surface area contributed by atoms with Crippen molar-refractivity contribution in [2.24, 2.45) is 0 Å². The van der Waals surface area contributed by atoms with Gasteiger partial charge in [0.05, 0.1) is 10.6 Å². The van der Waals surface area contributed by atoms with Crippen LogP contribution in [0, 0.1) is 5.82 Å². The highest BCUT2D eigenvalue weighted by molar-refractivity contribution is 6.33. The molecule has 0 saturated carbocycles. The molecule has 0 aliphatic heterocycles. The summed E-state index contributed by atoms with van der Waals surface area (Å²) >= 11 is 5.72. The van der Waals surface area contributed by atoms with Crippen molar-refractivity contribution in [3.05, 3.63) is 58.9 Å². The van der Waals surface area contributed by atoms with Gasteiger partial charge in [-0.15, -0.1) is 0 Å². The largest absolute Gasteiger partial charge is 0.298 e. The quantitative estimate of drug-likeness (QED) is 0.719. The van der Waals surface area contributed by atoms with Gasteiger partial charge in [-0.25, -0.2) is 4.39 Å². The number of benzene rings is 2. The lowest BCUT2D eigenvalue weighted by Gasteiger charge is -2.06. The molecule has 0 amide bonds. The maximum atomic E-state index is 13.9. The standard InChI is InChI=1S/C13H8ClFO/c14-12-7-6-10(13(15)11(12)8-16)9-4-2-1-3-5-9/h1-8H. The van der Waals surface area contributed by atoms with E-state index in [-0.39, 0.29) is 10.6 Å². The fraction of sp³-hybridized carbons (Fsp3) is 0. The minimum atomic E-state index is -0.575. The minimum absolute atomic E-state index is 0.0944. The highest BCUT2D eigenvalue weighted by atomic mass is 35.5. The molecule has 0 spiro atoms. The molecule has 0 radical (unpaired) electrons. The first-order valence-electron chi connectivity index (χ1n) is 4.72. The van der Waals surface area contributed by atoms with Crippen LogP contribution in [-0.4, -0.2) is 6.29 Å². The Morgan fingerprint density at radius 2 is 1.75 bits per heavy atom. The van der Waals surface area contributed by atoms with E-state index in [0.717, 1.165) is 5.56 Å². The molecule has 0 aliphatic rings. The smallest absolute Gasteiger partial charge is 0.154 e. The highest BCUT2D eigenvalue weighted by Crippen LogP contribution is 2.28. The van der Waals surface area contributed by atoms with E-state index in [1.165, 1.54) is 6.07 Å². The average molecular weight is 235 g/mol. The summed E-state index contributed by atoms with van der Waals surface area (Å²) in [5, 5.41) is 0.132. The molecule has 0 aliphatic carbocycles. The lowest BCUT2D eigenvalue weighted by atomic mass is 10.0. The Balaban J connectivity index is 2.64. The molecule has 2 rings (SSSR count). The van der Waals surface area contributed by atoms with Crippen LogP contribution in [0.4, 0.5) is 4.39 Å². The number of carbonyl (C=O) groups excluding carboxylic acids is 1. The van der Waals surface area contributed by atoms with Crippen LogP contribution in [0.3, 0.4) is 0 Å². The first-order chi connectivity index (χ1) is 7.74. The summed E-state index contributed by atoms with van der Waals surface area (Å²) in [6, 6.07) is 12.1. The maximum Gasteiger partial charge on any atom is 0.154 e. The third-order valence-electron chi connectivity index (χ3n) is 2.33. The lowest BCUT2D eigenvalue weighted by molar-refractivity contribution is 0.112. The molecule has 0 aromatic heterocycles. The van der Waals surface area contributed by atoms with Crippen LogP contribution in [-0.2, 0) is 0 Å². The molecule has 0 fully saturated rings. The SMILES string of the molecule is O=Cc1c(Cl)ccc(-c2ccccc2)c1F. The molecule has 0 unspecified atom stereocenters. The first kappa shape index (κ1) is 10.8. The Kier molecular flexibility index (Phi) is 3.02. The van der Waals surface area contributed by atoms with Crippen molar-refractivity contribution in [2.75, 3.05) is 0 Å². The number of aldehydes is 1. The predicted octanol–water partition coefficient (Wildman–Crippen LogP) is 3.96. The number of hydrogen-bond donors (Lipinski definition) is 0. The highest BCUT2D eigenvalue weighted by Gasteiger charge is 2.12. The second kappa shape index (κ2) is 4.45. The number of rotatable bonds is 2. The molecule has 0 bridgehead atoms. The van der Waals surface area contributed by atoms with E-state index < -0.39 is 5.82 Å². The monoisotopic (exact) mass is 234 g/mol. The van der Waals surface area contributed by atoms with Gasteiger partial charge in [-0.05, 0) is 17.7 Å². The Labute approximate surface area is 97.5 Å². The summed E-state index contributed by atoms with van der Waals surface area (Å²) in [6.45, 7) is 0. The van der Waals surface area contributed by atoms with Gasteiger partial charge in [0, 0.05) is 5.56 Å². The Morgan fingerprint density at radius 3 is 2.38 bits per heavy atom. The van der Waals surface area contributed by atoms with E-state index in [4.69, 9.17) is 11.6 Å². The second-order valence-electron chi connectivity index (χ2n) is 3.31. The van der Waals surface area contributed by atoms with Crippen molar-refractivity contribution in [1.29, 1.82) is 0 Å². The Hall–Kier alpha value is -1.67. The molecule has 3 heteroatoms. The van der Waals surface area contributed by atoms with Gasteiger partial charge in [0.25, 0.3) is 0 Å². The van der Waals surface area contributed by atoms with Crippen molar-refractivity contribution in [3.63, 3.8) is 0 Å². The molecule has 0 heterocycles. The summed E-state index contributed by atoms with van der Waals surface area (Å²) in [4.78, 5) is 10.7. The van der Waals surface area contributed by atoms with E-state index in [1.54, 1.807) is 18.2 Å². The third-order valence-corrected chi connectivity index (χ3v) is 2.66. The summed E-state index contributed by atoms with van der Waals surface area (Å²) in [7, 11) is 0. The fourth-order valence-corrected chi connectivity index (χ4v) is 1.71. The Bertz CT molecular complexity index is 523. The van der Waals surface area contributed by atoms with Gasteiger partial charge in [-0.3, -0.25) is 4.79 Å². The summed E-state index contributed by atoms with van der Waals surface area (Å²) < 4.78 is 13.9. The minimum Gasteiger partial charge on any atom is -0.298 e. The molecule has 2 aromatic carbocycles. The van der Waals surface area contributed by atoms with Gasteiger partial charge >= 0.3 is 0 Å². The van der Waals surface area contributed by atoms with Crippen LogP contribution in [0.25, 0.3) is 11.1 Å². The zero-order chi connectivity index (χ0) is 11.5. The van der Waals surface area contributed by atoms with E-state index >= 15 is 0 Å². The molecule has 2 aromatic rings. The predicted molar refractivity (Wildman–Crippen MR) is 62.2 cm³/mol. The van der Waals surface area contributed by atoms with Gasteiger partial charge in [0.15, 0.2) is 6.29 Å². The van der Waals surface area contributed by atoms with Crippen LogP contribution >= 0.6 is 11.6 Å². The second-order valence-corrected chi connectivity index (χ2v) is 3.71. The van der Waals surface area contributed by atoms with Crippen LogP contribution in [0.15, 0.2) is 42.5 Å². The molecule has 0 N–H and O–H groups in total. The van der Waals surface area contributed by atoms with Crippen molar-refractivity contribution in [1.82, 2.24) is 0 Å². The van der Waals surface area contributed by atoms with E-state index in [2.05, 4.69) is 0 Å². The lowest BCUT2D eigenvalue weighted by Crippen LogP contribution is -1.93. The summed E-state index contributed by atoms with van der Waals surface area (Å²) in [6.07, 6.45) is 0.435. The molecular weight excluding hydrogens is 227 g/mol. The van der Waals surface area contributed by atoms with Gasteiger partial charge in [0.1, 0.15) is 5.82 Å². The van der Waals surface area contributed by atoms with E-state index in [1.807, 2.05) is 18.2 Å². The zero-order valence-electron chi connectivity index (χ0n) is 8.28. The van der Waals surface area contributed by atoms with Crippen LogP contribution in [0.2, 0.25) is 5.02 Å². The van der Waals surface area contributed by atoms with E-state index in [9.17, 15) is 9.18 Å². The summed E-state index contributed by atoms with van der Waals surface area (Å²) in [5.74, 6) is -0.575. The number of carbonyl (C=O) groups is 1. The third kappa shape index (κ3) is 1.84. The van der Waals surface area contributed by atoms with Gasteiger partial charge in [-0.2, -0.15) is 0 Å². The normalized spacial score (nSPS) is 10.1. The first-order valence-corrected chi connectivity index (χ1v) is 5.10. The molecule has 0 saturated heterocycles. The molecule has 0 atom stereocenters. The van der Waals surface area contributed by atoms with Crippen molar-refractivity contribution in [2.45, 2.75) is 0 Å². The van der Waals surface area contributed by atoms with Gasteiger partial charge in [0.2, 0.25) is 0 Å². The number of hydrogen-bond acceptors (Lipinski definition) is 1. The topological polar surface area (TPSA) is 17.1 Å². The van der Waals surface area contributed by atoms with Crippen molar-refractivity contribution < 1.29 is 9.18 Å². The van der Waals surface area contributed by atoms with Crippen LogP contribution in [0.5, 0.6) is 0 Å².